The first kappa shape index (κ1) is 20.5. The van der Waals surface area contributed by atoms with Gasteiger partial charge in [0, 0.05) is 43.8 Å². The molecule has 0 bridgehead atoms. The molecule has 1 aliphatic carbocycles. The number of pyridine rings is 1. The van der Waals surface area contributed by atoms with Crippen LogP contribution in [0.4, 0.5) is 5.69 Å². The summed E-state index contributed by atoms with van der Waals surface area (Å²) in [5, 5.41) is 11.4. The predicted molar refractivity (Wildman–Crippen MR) is 122 cm³/mol. The molecule has 5 nitrogen and oxygen atoms in total. The highest BCUT2D eigenvalue weighted by atomic mass is 16.3. The third kappa shape index (κ3) is 4.08. The minimum absolute atomic E-state index is 0.0994. The summed E-state index contributed by atoms with van der Waals surface area (Å²) >= 11 is 0. The first-order valence-electron chi connectivity index (χ1n) is 11.7. The number of aryl methyl sites for hydroxylation is 1. The number of nitrogens with zero attached hydrogens (tertiary/aromatic N) is 3. The van der Waals surface area contributed by atoms with Crippen LogP contribution >= 0.6 is 0 Å². The second kappa shape index (κ2) is 7.94. The Morgan fingerprint density at radius 2 is 1.74 bits per heavy atom. The van der Waals surface area contributed by atoms with E-state index >= 15 is 0 Å². The van der Waals surface area contributed by atoms with Gasteiger partial charge in [-0.25, -0.2) is 0 Å². The maximum absolute atomic E-state index is 12.8. The Hall–Kier alpha value is -2.40. The molecule has 1 aromatic carbocycles. The van der Waals surface area contributed by atoms with E-state index in [-0.39, 0.29) is 11.3 Å². The van der Waals surface area contributed by atoms with Gasteiger partial charge in [0.25, 0.3) is 5.91 Å². The van der Waals surface area contributed by atoms with Crippen molar-refractivity contribution in [2.24, 2.45) is 5.41 Å². The number of hydrogen-bond donors (Lipinski definition) is 1. The Morgan fingerprint density at radius 1 is 1.00 bits per heavy atom. The number of likely N-dealkylation sites (tertiary alicyclic amines) is 1. The number of hydrogen-bond acceptors (Lipinski definition) is 4. The van der Waals surface area contributed by atoms with Crippen molar-refractivity contribution in [2.75, 3.05) is 31.1 Å². The summed E-state index contributed by atoms with van der Waals surface area (Å²) in [7, 11) is 0. The van der Waals surface area contributed by atoms with Gasteiger partial charge in [-0.2, -0.15) is 0 Å². The Labute approximate surface area is 185 Å². The molecule has 1 aromatic heterocycles. The van der Waals surface area contributed by atoms with Crippen molar-refractivity contribution in [1.82, 2.24) is 9.88 Å². The molecule has 3 heterocycles. The number of aromatic nitrogens is 1. The summed E-state index contributed by atoms with van der Waals surface area (Å²) in [6.45, 7) is 5.31. The Morgan fingerprint density at radius 3 is 2.45 bits per heavy atom. The molecule has 164 valence electrons. The first-order chi connectivity index (χ1) is 15.0. The molecule has 5 heteroatoms. The largest absolute Gasteiger partial charge is 0.388 e. The van der Waals surface area contributed by atoms with Gasteiger partial charge in [0.15, 0.2) is 0 Å². The quantitative estimate of drug-likeness (QED) is 0.818. The van der Waals surface area contributed by atoms with Crippen molar-refractivity contribution in [3.63, 3.8) is 0 Å². The SMILES string of the molecule is Cc1ccc(C(=O)N2CCC3(CC2)CCC(O)(CN2CCc4ccccc42)CC3)cn1. The van der Waals surface area contributed by atoms with Crippen LogP contribution in [0.5, 0.6) is 0 Å². The molecular weight excluding hydrogens is 386 g/mol. The number of benzene rings is 1. The summed E-state index contributed by atoms with van der Waals surface area (Å²) < 4.78 is 0. The highest BCUT2D eigenvalue weighted by Crippen LogP contribution is 2.48. The van der Waals surface area contributed by atoms with E-state index in [1.165, 1.54) is 11.3 Å². The van der Waals surface area contributed by atoms with Crippen molar-refractivity contribution < 1.29 is 9.90 Å². The molecule has 2 fully saturated rings. The van der Waals surface area contributed by atoms with Crippen molar-refractivity contribution in [3.05, 3.63) is 59.4 Å². The number of fused-ring (bicyclic) bond motifs is 1. The fraction of sp³-hybridized carbons (Fsp3) is 0.538. The van der Waals surface area contributed by atoms with E-state index in [1.807, 2.05) is 24.0 Å². The van der Waals surface area contributed by atoms with E-state index in [0.29, 0.717) is 5.56 Å². The van der Waals surface area contributed by atoms with Crippen LogP contribution in [0.25, 0.3) is 0 Å². The van der Waals surface area contributed by atoms with Gasteiger partial charge in [-0.15, -0.1) is 0 Å². The molecule has 1 saturated carbocycles. The van der Waals surface area contributed by atoms with Crippen molar-refractivity contribution in [2.45, 2.75) is 57.5 Å². The minimum Gasteiger partial charge on any atom is -0.388 e. The zero-order valence-corrected chi connectivity index (χ0v) is 18.5. The van der Waals surface area contributed by atoms with Gasteiger partial charge in [0.1, 0.15) is 0 Å². The molecular formula is C26H33N3O2. The molecule has 5 rings (SSSR count). The lowest BCUT2D eigenvalue weighted by molar-refractivity contribution is -0.0444. The smallest absolute Gasteiger partial charge is 0.255 e. The molecule has 2 aromatic rings. The van der Waals surface area contributed by atoms with Gasteiger partial charge in [0.05, 0.1) is 11.2 Å². The van der Waals surface area contributed by atoms with Crippen LogP contribution < -0.4 is 4.90 Å². The van der Waals surface area contributed by atoms with Crippen LogP contribution in [0.1, 0.15) is 60.1 Å². The van der Waals surface area contributed by atoms with Crippen LogP contribution in [0.3, 0.4) is 0 Å². The standard InChI is InChI=1S/C26H33N3O2/c1-20-6-7-22(18-27-20)24(30)28-16-13-25(14-17-28)9-11-26(31,12-10-25)19-29-15-8-21-4-2-3-5-23(21)29/h2-7,18,31H,8-17,19H2,1H3. The number of rotatable bonds is 3. The number of para-hydroxylation sites is 1. The van der Waals surface area contributed by atoms with Gasteiger partial charge < -0.3 is 14.9 Å². The fourth-order valence-electron chi connectivity index (χ4n) is 5.79. The molecule has 1 amide bonds. The summed E-state index contributed by atoms with van der Waals surface area (Å²) in [6, 6.07) is 12.4. The summed E-state index contributed by atoms with van der Waals surface area (Å²) in [4.78, 5) is 21.5. The number of aliphatic hydroxyl groups is 1. The van der Waals surface area contributed by atoms with Gasteiger partial charge in [0.2, 0.25) is 0 Å². The number of amides is 1. The molecule has 0 radical (unpaired) electrons. The topological polar surface area (TPSA) is 56.7 Å². The third-order valence-corrected chi connectivity index (χ3v) is 7.98. The number of carbonyl (C=O) groups excluding carboxylic acids is 1. The Kier molecular flexibility index (Phi) is 5.25. The van der Waals surface area contributed by atoms with Gasteiger partial charge in [-0.3, -0.25) is 9.78 Å². The molecule has 1 spiro atoms. The van der Waals surface area contributed by atoms with E-state index in [1.54, 1.807) is 6.20 Å². The number of β-amino-alcohol motifs (C(OH)–C–C–N with tert-alkyl or cyclic N) is 1. The Bertz CT molecular complexity index is 937. The van der Waals surface area contributed by atoms with Crippen molar-refractivity contribution in [1.29, 1.82) is 0 Å². The van der Waals surface area contributed by atoms with Crippen LogP contribution in [-0.4, -0.2) is 52.7 Å². The molecule has 1 N–H and O–H groups in total. The highest BCUT2D eigenvalue weighted by molar-refractivity contribution is 5.94. The summed E-state index contributed by atoms with van der Waals surface area (Å²) in [6.07, 6.45) is 8.71. The molecule has 1 saturated heterocycles. The maximum Gasteiger partial charge on any atom is 0.255 e. The molecule has 2 aliphatic heterocycles. The van der Waals surface area contributed by atoms with Crippen LogP contribution in [0, 0.1) is 12.3 Å². The predicted octanol–water partition coefficient (Wildman–Crippen LogP) is 3.98. The van der Waals surface area contributed by atoms with Crippen LogP contribution in [0.2, 0.25) is 0 Å². The summed E-state index contributed by atoms with van der Waals surface area (Å²) in [5.74, 6) is 0.0994. The lowest BCUT2D eigenvalue weighted by Crippen LogP contribution is -2.50. The number of anilines is 1. The summed E-state index contributed by atoms with van der Waals surface area (Å²) in [5.41, 5.74) is 4.01. The Balaban J connectivity index is 1.16. The van der Waals surface area contributed by atoms with E-state index in [4.69, 9.17) is 0 Å². The van der Waals surface area contributed by atoms with E-state index < -0.39 is 5.60 Å². The maximum atomic E-state index is 12.8. The monoisotopic (exact) mass is 419 g/mol. The van der Waals surface area contributed by atoms with Crippen LogP contribution in [0.15, 0.2) is 42.6 Å². The molecule has 0 unspecified atom stereocenters. The van der Waals surface area contributed by atoms with E-state index in [9.17, 15) is 9.90 Å². The normalized spacial score (nSPS) is 21.9. The van der Waals surface area contributed by atoms with Gasteiger partial charge in [-0.1, -0.05) is 18.2 Å². The van der Waals surface area contributed by atoms with E-state index in [2.05, 4.69) is 34.1 Å². The fourth-order valence-corrected chi connectivity index (χ4v) is 5.79. The van der Waals surface area contributed by atoms with E-state index in [0.717, 1.165) is 76.8 Å². The highest BCUT2D eigenvalue weighted by Gasteiger charge is 2.44. The number of carbonyl (C=O) groups is 1. The third-order valence-electron chi connectivity index (χ3n) is 7.98. The van der Waals surface area contributed by atoms with Gasteiger partial charge in [-0.05, 0) is 81.0 Å². The zero-order chi connectivity index (χ0) is 21.5. The van der Waals surface area contributed by atoms with Crippen LogP contribution in [-0.2, 0) is 6.42 Å². The zero-order valence-electron chi connectivity index (χ0n) is 18.5. The average Bonchev–Trinajstić information content (AvgIpc) is 3.19. The lowest BCUT2D eigenvalue weighted by Gasteiger charge is -2.49. The van der Waals surface area contributed by atoms with Gasteiger partial charge >= 0.3 is 0 Å². The molecule has 31 heavy (non-hydrogen) atoms. The molecule has 0 atom stereocenters. The second-order valence-corrected chi connectivity index (χ2v) is 10.0. The first-order valence-corrected chi connectivity index (χ1v) is 11.7. The molecule has 3 aliphatic rings. The van der Waals surface area contributed by atoms with Crippen molar-refractivity contribution in [3.8, 4) is 0 Å². The average molecular weight is 420 g/mol. The lowest BCUT2D eigenvalue weighted by atomic mass is 9.64. The second-order valence-electron chi connectivity index (χ2n) is 10.0. The van der Waals surface area contributed by atoms with Crippen molar-refractivity contribution >= 4 is 11.6 Å². The number of piperidine rings is 1. The minimum atomic E-state index is -0.594.